The molecule has 0 aliphatic carbocycles. The van der Waals surface area contributed by atoms with Crippen molar-refractivity contribution < 1.29 is 22.8 Å². The van der Waals surface area contributed by atoms with Gasteiger partial charge in [0.2, 0.25) is 0 Å². The van der Waals surface area contributed by atoms with E-state index in [0.717, 1.165) is 0 Å². The zero-order chi connectivity index (χ0) is 14.6. The van der Waals surface area contributed by atoms with E-state index in [0.29, 0.717) is 6.04 Å². The zero-order valence-corrected chi connectivity index (χ0v) is 14.7. The summed E-state index contributed by atoms with van der Waals surface area (Å²) in [6.45, 7) is 9.33. The third-order valence-electron chi connectivity index (χ3n) is 3.42. The number of hydrogen-bond acceptors (Lipinski definition) is 5. The lowest BCUT2D eigenvalue weighted by molar-refractivity contribution is -0.150. The van der Waals surface area contributed by atoms with Crippen molar-refractivity contribution >= 4 is 22.8 Å². The molecule has 0 aromatic heterocycles. The second kappa shape index (κ2) is 6.29. The smallest absolute Gasteiger partial charge is 0.379 e. The molecule has 0 N–H and O–H groups in total. The summed E-state index contributed by atoms with van der Waals surface area (Å²) >= 11 is 0. The van der Waals surface area contributed by atoms with Crippen molar-refractivity contribution in [2.75, 3.05) is 21.3 Å². The maximum atomic E-state index is 11.4. The van der Waals surface area contributed by atoms with E-state index < -0.39 is 22.1 Å². The predicted octanol–water partition coefficient (Wildman–Crippen LogP) is 2.06. The second-order valence-corrected chi connectivity index (χ2v) is 13.4. The van der Waals surface area contributed by atoms with Crippen LogP contribution in [0.5, 0.6) is 0 Å². The third kappa shape index (κ3) is 4.16. The lowest BCUT2D eigenvalue weighted by Crippen LogP contribution is -2.63. The summed E-state index contributed by atoms with van der Waals surface area (Å²) in [5, 5.41) is -0.756. The highest BCUT2D eigenvalue weighted by Gasteiger charge is 2.56. The molecule has 0 aromatic rings. The average molecular weight is 294 g/mol. The molecule has 108 valence electrons. The fraction of sp³-hybridized carbons (Fsp3) is 0.909. The van der Waals surface area contributed by atoms with E-state index in [1.807, 2.05) is 13.5 Å². The van der Waals surface area contributed by atoms with E-state index in [1.54, 1.807) is 21.3 Å². The van der Waals surface area contributed by atoms with E-state index in [9.17, 15) is 4.79 Å². The molecule has 5 nitrogen and oxygen atoms in total. The van der Waals surface area contributed by atoms with Crippen molar-refractivity contribution in [2.24, 2.45) is 0 Å². The van der Waals surface area contributed by atoms with Crippen LogP contribution >= 0.6 is 0 Å². The first-order valence-electron chi connectivity index (χ1n) is 5.91. The third-order valence-corrected chi connectivity index (χ3v) is 10.2. The topological polar surface area (TPSA) is 54.0 Å². The van der Waals surface area contributed by atoms with E-state index in [2.05, 4.69) is 13.1 Å². The summed E-state index contributed by atoms with van der Waals surface area (Å²) in [7, 11) is 0.333. The van der Waals surface area contributed by atoms with Crippen LogP contribution in [-0.2, 0) is 22.8 Å². The van der Waals surface area contributed by atoms with Crippen molar-refractivity contribution in [3.8, 4) is 0 Å². The molecule has 0 aliphatic rings. The van der Waals surface area contributed by atoms with Gasteiger partial charge in [-0.25, -0.2) is 0 Å². The van der Waals surface area contributed by atoms with E-state index in [1.165, 1.54) is 6.92 Å². The van der Waals surface area contributed by atoms with Crippen molar-refractivity contribution in [1.82, 2.24) is 0 Å². The van der Waals surface area contributed by atoms with Crippen LogP contribution in [0.15, 0.2) is 0 Å². The number of carbonyl (C=O) groups excluding carboxylic acids is 1. The fourth-order valence-corrected chi connectivity index (χ4v) is 7.77. The van der Waals surface area contributed by atoms with Gasteiger partial charge in [-0.3, -0.25) is 4.79 Å². The molecule has 0 spiro atoms. The zero-order valence-electron chi connectivity index (χ0n) is 12.7. The molecule has 0 saturated carbocycles. The van der Waals surface area contributed by atoms with Gasteiger partial charge in [0.05, 0.1) is 0 Å². The quantitative estimate of drug-likeness (QED) is 0.531. The summed E-state index contributed by atoms with van der Waals surface area (Å²) in [6.07, 6.45) is 0. The highest BCUT2D eigenvalue weighted by molar-refractivity contribution is 6.76. The van der Waals surface area contributed by atoms with E-state index in [-0.39, 0.29) is 5.97 Å². The van der Waals surface area contributed by atoms with Crippen molar-refractivity contribution in [3.05, 3.63) is 0 Å². The average Bonchev–Trinajstić information content (AvgIpc) is 2.25. The van der Waals surface area contributed by atoms with Gasteiger partial charge in [0.25, 0.3) is 0 Å². The Balaban J connectivity index is 5.36. The van der Waals surface area contributed by atoms with E-state index in [4.69, 9.17) is 18.0 Å². The van der Waals surface area contributed by atoms with Crippen LogP contribution in [0, 0.1) is 0 Å². The van der Waals surface area contributed by atoms with Crippen LogP contribution in [0.25, 0.3) is 0 Å². The molecule has 0 aliphatic heterocycles. The standard InChI is InChI=1S/C11H26O5Si2/c1-10(12)16-11(2,9-17(6,7)13-3)18(8,14-4)15-5/h9H2,1-8H3. The van der Waals surface area contributed by atoms with Crippen molar-refractivity contribution in [1.29, 1.82) is 0 Å². The summed E-state index contributed by atoms with van der Waals surface area (Å²) in [5.41, 5.74) is 0. The Morgan fingerprint density at radius 3 is 1.78 bits per heavy atom. The highest BCUT2D eigenvalue weighted by atomic mass is 28.4. The van der Waals surface area contributed by atoms with Gasteiger partial charge in [0.1, 0.15) is 0 Å². The van der Waals surface area contributed by atoms with Gasteiger partial charge >= 0.3 is 14.5 Å². The van der Waals surface area contributed by atoms with Crippen LogP contribution in [0.1, 0.15) is 13.8 Å². The molecule has 0 fully saturated rings. The van der Waals surface area contributed by atoms with Gasteiger partial charge in [-0.2, -0.15) is 0 Å². The SMILES string of the molecule is CO[Si](C)(C)CC(C)(OC(C)=O)[Si](C)(OC)OC. The number of esters is 1. The van der Waals surface area contributed by atoms with Gasteiger partial charge in [0.15, 0.2) is 13.5 Å². The second-order valence-electron chi connectivity index (χ2n) is 5.32. The van der Waals surface area contributed by atoms with Crippen LogP contribution in [-0.4, -0.2) is 49.4 Å². The molecular formula is C11H26O5Si2. The fourth-order valence-electron chi connectivity index (χ4n) is 2.01. The van der Waals surface area contributed by atoms with Gasteiger partial charge in [-0.1, -0.05) is 0 Å². The number of hydrogen-bond donors (Lipinski definition) is 0. The largest absolute Gasteiger partial charge is 0.458 e. The first-order valence-corrected chi connectivity index (χ1v) is 11.3. The monoisotopic (exact) mass is 294 g/mol. The molecule has 18 heavy (non-hydrogen) atoms. The molecule has 0 saturated heterocycles. The number of rotatable bonds is 7. The molecular weight excluding hydrogens is 268 g/mol. The van der Waals surface area contributed by atoms with Crippen LogP contribution in [0.4, 0.5) is 0 Å². The molecule has 0 heterocycles. The lowest BCUT2D eigenvalue weighted by Gasteiger charge is -2.43. The van der Waals surface area contributed by atoms with Crippen LogP contribution in [0.2, 0.25) is 25.7 Å². The van der Waals surface area contributed by atoms with Gasteiger partial charge in [-0.05, 0) is 26.6 Å². The highest BCUT2D eigenvalue weighted by Crippen LogP contribution is 2.34. The molecule has 1 atom stereocenters. The Morgan fingerprint density at radius 1 is 1.06 bits per heavy atom. The molecule has 0 aromatic carbocycles. The first kappa shape index (κ1) is 17.8. The van der Waals surface area contributed by atoms with Crippen molar-refractivity contribution in [3.63, 3.8) is 0 Å². The Morgan fingerprint density at radius 2 is 1.50 bits per heavy atom. The van der Waals surface area contributed by atoms with Crippen molar-refractivity contribution in [2.45, 2.75) is 44.8 Å². The Bertz CT molecular complexity index is 291. The maximum Gasteiger partial charge on any atom is 0.379 e. The Hall–Kier alpha value is -0.216. The molecule has 1 unspecified atom stereocenters. The van der Waals surface area contributed by atoms with Crippen LogP contribution < -0.4 is 0 Å². The molecule has 0 amide bonds. The molecule has 0 rings (SSSR count). The van der Waals surface area contributed by atoms with Gasteiger partial charge < -0.3 is 18.0 Å². The summed E-state index contributed by atoms with van der Waals surface area (Å²) in [6, 6.07) is 0.639. The van der Waals surface area contributed by atoms with Gasteiger partial charge in [-0.15, -0.1) is 0 Å². The molecule has 7 heteroatoms. The molecule has 0 bridgehead atoms. The Labute approximate surface area is 112 Å². The van der Waals surface area contributed by atoms with Crippen LogP contribution in [0.3, 0.4) is 0 Å². The number of ether oxygens (including phenoxy) is 1. The minimum absolute atomic E-state index is 0.328. The summed E-state index contributed by atoms with van der Waals surface area (Å²) in [4.78, 5) is 11.4. The Kier molecular flexibility index (Phi) is 6.21. The molecule has 0 radical (unpaired) electrons. The maximum absolute atomic E-state index is 11.4. The predicted molar refractivity (Wildman–Crippen MR) is 75.1 cm³/mol. The first-order chi connectivity index (χ1) is 8.06. The normalized spacial score (nSPS) is 16.2. The minimum atomic E-state index is -2.63. The van der Waals surface area contributed by atoms with E-state index >= 15 is 0 Å². The van der Waals surface area contributed by atoms with Gasteiger partial charge in [0, 0.05) is 34.3 Å². The minimum Gasteiger partial charge on any atom is -0.458 e. The lowest BCUT2D eigenvalue weighted by atomic mass is 10.4. The summed E-state index contributed by atoms with van der Waals surface area (Å²) < 4.78 is 22.2. The summed E-state index contributed by atoms with van der Waals surface area (Å²) in [5.74, 6) is -0.328. The number of carbonyl (C=O) groups is 1.